The van der Waals surface area contributed by atoms with Gasteiger partial charge in [-0.05, 0) is 154 Å². The summed E-state index contributed by atoms with van der Waals surface area (Å²) in [4.78, 5) is 100. The molecular formula is C81H101Cl4N21O16S3. The number of aliphatic hydroxyl groups excluding tert-OH is 3. The Bertz CT molecular complexity index is 5760. The molecule has 6 aliphatic rings. The lowest BCUT2D eigenvalue weighted by Gasteiger charge is -2.35. The predicted molar refractivity (Wildman–Crippen MR) is 472 cm³/mol. The number of benzene rings is 3. The Kier molecular flexibility index (Phi) is 29.5. The lowest BCUT2D eigenvalue weighted by molar-refractivity contribution is -0.124. The minimum absolute atomic E-state index is 0. The quantitative estimate of drug-likeness (QED) is 0.0418. The fraction of sp³-hybridized carbons (Fsp3) is 0.469. The zero-order valence-electron chi connectivity index (χ0n) is 69.3. The van der Waals surface area contributed by atoms with E-state index in [1.165, 1.54) is 53.4 Å². The van der Waals surface area contributed by atoms with Crippen LogP contribution in [0.2, 0.25) is 20.2 Å². The number of aryl methyl sites for hydroxylation is 3. The number of halogens is 4. The molecule has 672 valence electrons. The summed E-state index contributed by atoms with van der Waals surface area (Å²) in [7, 11) is -10.8. The summed E-state index contributed by atoms with van der Waals surface area (Å²) in [6, 6.07) is 19.9. The molecule has 37 nitrogen and oxygen atoms in total. The van der Waals surface area contributed by atoms with Crippen molar-refractivity contribution in [3.05, 3.63) is 162 Å². The minimum atomic E-state index is -3.62. The second kappa shape index (κ2) is 38.8. The van der Waals surface area contributed by atoms with E-state index >= 15 is 0 Å². The van der Waals surface area contributed by atoms with Crippen molar-refractivity contribution >= 4 is 158 Å². The van der Waals surface area contributed by atoms with Crippen LogP contribution in [0.5, 0.6) is 0 Å². The number of carbonyl (C=O) groups excluding carboxylic acids is 6. The van der Waals surface area contributed by atoms with Gasteiger partial charge in [0.25, 0.3) is 17.7 Å². The summed E-state index contributed by atoms with van der Waals surface area (Å²) in [6.07, 6.45) is 12.8. The van der Waals surface area contributed by atoms with Crippen LogP contribution in [0.4, 0.5) is 33.5 Å². The molecule has 10 N–H and O–H groups in total. The van der Waals surface area contributed by atoms with E-state index in [0.29, 0.717) is 98.4 Å². The van der Waals surface area contributed by atoms with Crippen molar-refractivity contribution in [3.8, 4) is 6.07 Å². The molecule has 44 heteroatoms. The van der Waals surface area contributed by atoms with E-state index < -0.39 is 89.6 Å². The van der Waals surface area contributed by atoms with Gasteiger partial charge in [-0.3, -0.25) is 38.1 Å². The topological polar surface area (TPSA) is 497 Å². The van der Waals surface area contributed by atoms with Gasteiger partial charge in [-0.15, -0.1) is 0 Å². The number of hydrogen-bond acceptors (Lipinski definition) is 25. The number of aliphatic hydroxyl groups is 3. The average Bonchev–Trinajstić information content (AvgIpc) is 1.64. The van der Waals surface area contributed by atoms with E-state index in [1.54, 1.807) is 61.3 Å². The van der Waals surface area contributed by atoms with Crippen LogP contribution in [0.15, 0.2) is 91.4 Å². The number of fused-ring (bicyclic) bond motifs is 3. The molecule has 6 fully saturated rings. The van der Waals surface area contributed by atoms with Crippen LogP contribution in [0.1, 0.15) is 169 Å². The maximum atomic E-state index is 13.8. The molecule has 6 saturated heterocycles. The molecule has 15 rings (SSSR count). The van der Waals surface area contributed by atoms with Crippen molar-refractivity contribution in [1.82, 2.24) is 63.4 Å². The molecule has 0 spiro atoms. The van der Waals surface area contributed by atoms with Crippen LogP contribution in [-0.2, 0) is 44.4 Å². The Labute approximate surface area is 743 Å². The first kappa shape index (κ1) is 95.2. The lowest BCUT2D eigenvalue weighted by Crippen LogP contribution is -2.39. The average molecular weight is 1860 g/mol. The van der Waals surface area contributed by atoms with Crippen molar-refractivity contribution in [1.29, 1.82) is 5.26 Å². The maximum Gasteiger partial charge on any atom is 0.410 e. The minimum Gasteiger partial charge on any atom is -0.444 e. The van der Waals surface area contributed by atoms with Gasteiger partial charge in [-0.1, -0.05) is 53.8 Å². The fourth-order valence-electron chi connectivity index (χ4n) is 15.9. The molecule has 125 heavy (non-hydrogen) atoms. The van der Waals surface area contributed by atoms with Crippen molar-refractivity contribution in [2.45, 2.75) is 149 Å². The van der Waals surface area contributed by atoms with Gasteiger partial charge in [-0.2, -0.15) is 20.6 Å². The van der Waals surface area contributed by atoms with E-state index in [1.807, 2.05) is 67.2 Å². The molecule has 0 saturated carbocycles. The number of primary amides is 2. The highest BCUT2D eigenvalue weighted by Crippen LogP contribution is 2.40. The second-order valence-electron chi connectivity index (χ2n) is 32.7. The predicted octanol–water partition coefficient (Wildman–Crippen LogP) is 8.88. The molecule has 6 aliphatic heterocycles. The smallest absolute Gasteiger partial charge is 0.410 e. The van der Waals surface area contributed by atoms with Crippen LogP contribution < -0.4 is 35.4 Å². The number of piperidine rings is 3. The van der Waals surface area contributed by atoms with Gasteiger partial charge in [0.15, 0.2) is 16.9 Å². The standard InChI is InChI=1S/2C25H30ClN7O5S.C20H21Cl2N5O3S.C10H16N2O3.CH4/c2*1-14-11-33-22(28-24(14)31-12-17(23(27)35)21(34)13-31)10-19(29-33)20-5-3-4-8-32(20)25(36)16-9-15(26)6-7-18(16)30-39(2,37)38;1-12-11-27-18(23-19(12)22)10-16(24-27)17-5-3-4-8-26(17)20(28)14-9-13(21)6-7-15(14)25-31(2,29)30;1-10(2,3)15-9(14)12-5-7(4-11)8(13)6-12;/h2*6-7,9-11,17,20-21,30,34H,3-5,8,12-13H2,1-2H3,(H2,27,35);6-7,9-11,17,25H,3-5,8H2,1-2H3;7-8,13H,5-6H2,1-3H3;1H4/t17-,20+,21-;17-,20-,21-;17-;7-,8-;/m1000./s1. The highest BCUT2D eigenvalue weighted by molar-refractivity contribution is 7.92. The summed E-state index contributed by atoms with van der Waals surface area (Å²) in [5.41, 5.74) is 17.5. The number of nitrogens with one attached hydrogen (secondary N) is 3. The molecule has 9 atom stereocenters. The van der Waals surface area contributed by atoms with Gasteiger partial charge in [0.2, 0.25) is 41.9 Å². The van der Waals surface area contributed by atoms with Crippen LogP contribution in [0.3, 0.4) is 0 Å². The van der Waals surface area contributed by atoms with Gasteiger partial charge >= 0.3 is 6.09 Å². The number of sulfonamides is 3. The van der Waals surface area contributed by atoms with Crippen LogP contribution in [-0.4, -0.2) is 241 Å². The first-order valence-corrected chi connectivity index (χ1v) is 47.0. The Hall–Kier alpha value is -10.5. The summed E-state index contributed by atoms with van der Waals surface area (Å²) in [5, 5.41) is 54.1. The summed E-state index contributed by atoms with van der Waals surface area (Å²) >= 11 is 24.6. The number of carbonyl (C=O) groups is 6. The molecule has 6 aromatic heterocycles. The number of nitriles is 1. The van der Waals surface area contributed by atoms with Gasteiger partial charge in [0.1, 0.15) is 22.4 Å². The van der Waals surface area contributed by atoms with E-state index in [2.05, 4.69) is 24.2 Å². The van der Waals surface area contributed by atoms with Crippen molar-refractivity contribution in [2.24, 2.45) is 29.2 Å². The number of rotatable bonds is 16. The van der Waals surface area contributed by atoms with Gasteiger partial charge in [0.05, 0.1) is 136 Å². The van der Waals surface area contributed by atoms with Crippen molar-refractivity contribution < 1.29 is 74.1 Å². The highest BCUT2D eigenvalue weighted by atomic mass is 35.5. The molecule has 0 unspecified atom stereocenters. The number of likely N-dealkylation sites (tertiary alicyclic amines) is 4. The third-order valence-electron chi connectivity index (χ3n) is 21.7. The normalized spacial score (nSPS) is 21.1. The summed E-state index contributed by atoms with van der Waals surface area (Å²) in [6.45, 7) is 13.8. The van der Waals surface area contributed by atoms with E-state index in [9.17, 15) is 69.3 Å². The summed E-state index contributed by atoms with van der Waals surface area (Å²) < 4.78 is 88.5. The highest BCUT2D eigenvalue weighted by Gasteiger charge is 2.42. The number of amides is 6. The number of aromatic nitrogens is 9. The van der Waals surface area contributed by atoms with Gasteiger partial charge in [-0.25, -0.2) is 58.5 Å². The molecule has 0 radical (unpaired) electrons. The van der Waals surface area contributed by atoms with Gasteiger partial charge in [0, 0.05) is 121 Å². The second-order valence-corrected chi connectivity index (χ2v) is 39.6. The van der Waals surface area contributed by atoms with Crippen LogP contribution >= 0.6 is 46.4 Å². The Morgan fingerprint density at radius 3 is 1.13 bits per heavy atom. The van der Waals surface area contributed by atoms with E-state index in [4.69, 9.17) is 88.0 Å². The SMILES string of the molecule is C.CC(C)(C)OC(=O)N1C[C@H](O)[C@@H](C#N)C1.Cc1cn2nc([C@@H]3CCCCN3C(=O)c3cc(Cl)ccc3NS(C)(=O)=O)cc2nc1Cl.Cc1cn2nc([C@@H]3CCCCN3C(=O)c3cc(Cl)ccc3NS(C)(=O)=O)cc2nc1N1C[C@@H](O)[C@H](C(N)=O)C1.Cc1cn2nc([C@@H]3CCCCN3C(=O)c3cc(Cl)ccc3NS(C)(=O)=O)cc2nc1N1C[C@H](C(N)=O)[C@@H](O)C1. The number of ether oxygens (including phenoxy) is 1. The largest absolute Gasteiger partial charge is 0.444 e. The van der Waals surface area contributed by atoms with Crippen molar-refractivity contribution in [3.63, 3.8) is 0 Å². The van der Waals surface area contributed by atoms with Crippen LogP contribution in [0.25, 0.3) is 16.9 Å². The number of nitrogens with two attached hydrogens (primary N) is 2. The maximum absolute atomic E-state index is 13.8. The molecule has 0 bridgehead atoms. The summed E-state index contributed by atoms with van der Waals surface area (Å²) in [5.74, 6) is -2.68. The zero-order valence-corrected chi connectivity index (χ0v) is 74.8. The van der Waals surface area contributed by atoms with Crippen molar-refractivity contribution in [2.75, 3.05) is 102 Å². The van der Waals surface area contributed by atoms with E-state index in [-0.39, 0.29) is 116 Å². The first-order chi connectivity index (χ1) is 58.3. The molecule has 12 heterocycles. The fourth-order valence-corrected chi connectivity index (χ4v) is 18.3. The first-order valence-electron chi connectivity index (χ1n) is 39.8. The molecule has 0 aliphatic carbocycles. The number of nitrogens with zero attached hydrogens (tertiary/aromatic N) is 16. The third kappa shape index (κ3) is 23.0. The Morgan fingerprint density at radius 2 is 0.824 bits per heavy atom. The molecule has 3 aromatic carbocycles. The van der Waals surface area contributed by atoms with Crippen LogP contribution in [0, 0.1) is 49.9 Å². The number of hydrogen-bond donors (Lipinski definition) is 8. The van der Waals surface area contributed by atoms with Gasteiger partial charge < -0.3 is 60.9 Å². The molecule has 9 aromatic rings. The lowest BCUT2D eigenvalue weighted by atomic mass is 9.98. The molecular weight excluding hydrogens is 1760 g/mol. The van der Waals surface area contributed by atoms with E-state index in [0.717, 1.165) is 80.4 Å². The monoisotopic (exact) mass is 1860 g/mol. The Morgan fingerprint density at radius 1 is 0.488 bits per heavy atom. The Balaban J connectivity index is 0.000000169. The molecule has 6 amide bonds. The number of anilines is 5. The zero-order chi connectivity index (χ0) is 90.1. The number of β-amino-alcohol motifs (C(OH)–C–C–N with tert-alkyl or cyclic N) is 3. The third-order valence-corrected chi connectivity index (χ3v) is 24.5.